The van der Waals surface area contributed by atoms with Gasteiger partial charge in [-0.05, 0) is 17.5 Å². The molecule has 0 aliphatic heterocycles. The van der Waals surface area contributed by atoms with E-state index in [0.717, 1.165) is 5.56 Å². The lowest BCUT2D eigenvalue weighted by Crippen LogP contribution is -1.97. The van der Waals surface area contributed by atoms with Gasteiger partial charge in [0.15, 0.2) is 0 Å². The number of aliphatic carboxylic acids is 1. The molecule has 1 rings (SSSR count). The summed E-state index contributed by atoms with van der Waals surface area (Å²) >= 11 is 0. The van der Waals surface area contributed by atoms with Crippen LogP contribution in [0.25, 0.3) is 0 Å². The highest BCUT2D eigenvalue weighted by Gasteiger charge is 2.13. The number of carbonyl (C=O) groups is 1. The molecule has 0 saturated heterocycles. The van der Waals surface area contributed by atoms with Gasteiger partial charge in [0.1, 0.15) is 0 Å². The molecular weight excluding hydrogens is 231 g/mol. The second-order valence-corrected chi connectivity index (χ2v) is 5.18. The third-order valence-electron chi connectivity index (χ3n) is 2.04. The van der Waals surface area contributed by atoms with Gasteiger partial charge < -0.3 is 14.9 Å². The van der Waals surface area contributed by atoms with Crippen molar-refractivity contribution in [3.8, 4) is 0 Å². The Balaban J connectivity index is 2.61. The molecule has 0 saturated carbocycles. The van der Waals surface area contributed by atoms with E-state index in [0.29, 0.717) is 12.0 Å². The predicted molar refractivity (Wildman–Crippen MR) is 58.1 cm³/mol. The average molecular weight is 244 g/mol. The molecular formula is C10H13O5P. The number of benzene rings is 1. The second kappa shape index (κ2) is 5.25. The summed E-state index contributed by atoms with van der Waals surface area (Å²) in [5, 5.41) is 8.48. The maximum Gasteiger partial charge on any atom is 0.329 e. The van der Waals surface area contributed by atoms with E-state index in [4.69, 9.17) is 14.9 Å². The van der Waals surface area contributed by atoms with Gasteiger partial charge in [-0.1, -0.05) is 24.3 Å². The van der Waals surface area contributed by atoms with Crippen LogP contribution in [0.4, 0.5) is 0 Å². The van der Waals surface area contributed by atoms with Crippen LogP contribution in [0.15, 0.2) is 24.3 Å². The van der Waals surface area contributed by atoms with Gasteiger partial charge in [-0.15, -0.1) is 0 Å². The Morgan fingerprint density at radius 3 is 2.06 bits per heavy atom. The van der Waals surface area contributed by atoms with E-state index in [1.807, 2.05) is 0 Å². The number of carboxylic acid groups (broad SMARTS) is 1. The summed E-state index contributed by atoms with van der Waals surface area (Å²) in [5.41, 5.74) is 1.39. The first kappa shape index (κ1) is 12.9. The lowest BCUT2D eigenvalue weighted by atomic mass is 10.1. The molecule has 88 valence electrons. The Bertz CT molecular complexity index is 406. The first-order valence-corrected chi connectivity index (χ1v) is 6.51. The summed E-state index contributed by atoms with van der Waals surface area (Å²) in [6, 6.07) is 6.59. The molecule has 0 spiro atoms. The van der Waals surface area contributed by atoms with Crippen LogP contribution >= 0.6 is 7.60 Å². The first-order valence-electron chi connectivity index (χ1n) is 4.71. The van der Waals surface area contributed by atoms with Crippen LogP contribution in [0.5, 0.6) is 0 Å². The van der Waals surface area contributed by atoms with E-state index in [2.05, 4.69) is 0 Å². The molecule has 3 N–H and O–H groups in total. The molecule has 0 heterocycles. The average Bonchev–Trinajstić information content (AvgIpc) is 2.14. The largest absolute Gasteiger partial charge is 0.481 e. The van der Waals surface area contributed by atoms with E-state index >= 15 is 0 Å². The smallest absolute Gasteiger partial charge is 0.329 e. The zero-order valence-corrected chi connectivity index (χ0v) is 9.43. The van der Waals surface area contributed by atoms with Gasteiger partial charge in [-0.3, -0.25) is 9.36 Å². The molecule has 0 fully saturated rings. The van der Waals surface area contributed by atoms with Gasteiger partial charge in [-0.25, -0.2) is 0 Å². The van der Waals surface area contributed by atoms with E-state index in [9.17, 15) is 9.36 Å². The molecule has 0 aliphatic rings. The third-order valence-corrected chi connectivity index (χ3v) is 2.82. The standard InChI is InChI=1S/C10H13O5P/c11-10(12)6-5-8-1-3-9(4-2-8)7-16(13,14)15/h1-4H,5-7H2,(H,11,12)(H2,13,14,15). The summed E-state index contributed by atoms with van der Waals surface area (Å²) < 4.78 is 10.7. The molecule has 0 unspecified atom stereocenters. The van der Waals surface area contributed by atoms with Crippen molar-refractivity contribution in [1.82, 2.24) is 0 Å². The minimum Gasteiger partial charge on any atom is -0.481 e. The summed E-state index contributed by atoms with van der Waals surface area (Å²) in [7, 11) is -4.03. The third kappa shape index (κ3) is 5.07. The number of rotatable bonds is 5. The predicted octanol–water partition coefficient (Wildman–Crippen LogP) is 1.38. The Morgan fingerprint density at radius 2 is 1.62 bits per heavy atom. The summed E-state index contributed by atoms with van der Waals surface area (Å²) in [6.07, 6.45) is 0.190. The lowest BCUT2D eigenvalue weighted by molar-refractivity contribution is -0.136. The van der Waals surface area contributed by atoms with E-state index < -0.39 is 13.6 Å². The second-order valence-electron chi connectivity index (χ2n) is 3.53. The Morgan fingerprint density at radius 1 is 1.12 bits per heavy atom. The molecule has 0 amide bonds. The van der Waals surface area contributed by atoms with Crippen LogP contribution < -0.4 is 0 Å². The monoisotopic (exact) mass is 244 g/mol. The van der Waals surface area contributed by atoms with Gasteiger partial charge in [0.2, 0.25) is 0 Å². The topological polar surface area (TPSA) is 94.8 Å². The Labute approximate surface area is 92.9 Å². The van der Waals surface area contributed by atoms with Crippen molar-refractivity contribution < 1.29 is 24.3 Å². The fourth-order valence-electron chi connectivity index (χ4n) is 1.30. The zero-order valence-electron chi connectivity index (χ0n) is 8.54. The highest BCUT2D eigenvalue weighted by atomic mass is 31.2. The van der Waals surface area contributed by atoms with Crippen LogP contribution in [-0.4, -0.2) is 20.9 Å². The van der Waals surface area contributed by atoms with Crippen LogP contribution in [-0.2, 0) is 21.9 Å². The number of hydrogen-bond donors (Lipinski definition) is 3. The van der Waals surface area contributed by atoms with Crippen molar-refractivity contribution in [3.63, 3.8) is 0 Å². The molecule has 0 aliphatic carbocycles. The zero-order chi connectivity index (χ0) is 12.2. The SMILES string of the molecule is O=C(O)CCc1ccc(CP(=O)(O)O)cc1. The number of hydrogen-bond acceptors (Lipinski definition) is 2. The normalized spacial score (nSPS) is 11.4. The highest BCUT2D eigenvalue weighted by Crippen LogP contribution is 2.38. The molecule has 5 nitrogen and oxygen atoms in total. The van der Waals surface area contributed by atoms with Crippen molar-refractivity contribution in [2.45, 2.75) is 19.0 Å². The molecule has 0 aromatic heterocycles. The summed E-state index contributed by atoms with van der Waals surface area (Å²) in [5.74, 6) is -0.862. The van der Waals surface area contributed by atoms with Crippen molar-refractivity contribution >= 4 is 13.6 Å². The van der Waals surface area contributed by atoms with Crippen LogP contribution in [0.2, 0.25) is 0 Å². The summed E-state index contributed by atoms with van der Waals surface area (Å²) in [4.78, 5) is 27.8. The Hall–Kier alpha value is -1.16. The van der Waals surface area contributed by atoms with E-state index in [1.165, 1.54) is 0 Å². The van der Waals surface area contributed by atoms with E-state index in [-0.39, 0.29) is 12.6 Å². The highest BCUT2D eigenvalue weighted by molar-refractivity contribution is 7.50. The van der Waals surface area contributed by atoms with Crippen LogP contribution in [0.1, 0.15) is 17.5 Å². The molecule has 6 heteroatoms. The number of carboxylic acids is 1. The fourth-order valence-corrected chi connectivity index (χ4v) is 1.99. The molecule has 1 aromatic rings. The van der Waals surface area contributed by atoms with Gasteiger partial charge in [0, 0.05) is 6.42 Å². The van der Waals surface area contributed by atoms with Crippen molar-refractivity contribution in [2.75, 3.05) is 0 Å². The minimum atomic E-state index is -4.03. The maximum absolute atomic E-state index is 10.7. The van der Waals surface area contributed by atoms with Crippen LogP contribution in [0, 0.1) is 0 Å². The maximum atomic E-state index is 10.7. The molecule has 0 radical (unpaired) electrons. The fraction of sp³-hybridized carbons (Fsp3) is 0.300. The van der Waals surface area contributed by atoms with E-state index in [1.54, 1.807) is 24.3 Å². The Kier molecular flexibility index (Phi) is 4.24. The first-order chi connectivity index (χ1) is 7.37. The quantitative estimate of drug-likeness (QED) is 0.680. The molecule has 0 bridgehead atoms. The number of aryl methyl sites for hydroxylation is 1. The van der Waals surface area contributed by atoms with Gasteiger partial charge in [-0.2, -0.15) is 0 Å². The van der Waals surface area contributed by atoms with Crippen LogP contribution in [0.3, 0.4) is 0 Å². The molecule has 0 atom stereocenters. The lowest BCUT2D eigenvalue weighted by Gasteiger charge is -2.05. The minimum absolute atomic E-state index is 0.0534. The van der Waals surface area contributed by atoms with Crippen molar-refractivity contribution in [2.24, 2.45) is 0 Å². The molecule has 16 heavy (non-hydrogen) atoms. The van der Waals surface area contributed by atoms with Gasteiger partial charge >= 0.3 is 13.6 Å². The van der Waals surface area contributed by atoms with Crippen molar-refractivity contribution in [1.29, 1.82) is 0 Å². The molecule has 1 aromatic carbocycles. The van der Waals surface area contributed by atoms with Crippen molar-refractivity contribution in [3.05, 3.63) is 35.4 Å². The van der Waals surface area contributed by atoms with Gasteiger partial charge in [0.25, 0.3) is 0 Å². The summed E-state index contributed by atoms with van der Waals surface area (Å²) in [6.45, 7) is 0. The van der Waals surface area contributed by atoms with Gasteiger partial charge in [0.05, 0.1) is 6.16 Å².